The number of pyridine rings is 1. The number of nitrogens with zero attached hydrogens (tertiary/aromatic N) is 2. The van der Waals surface area contributed by atoms with Gasteiger partial charge < -0.3 is 14.6 Å². The number of aromatic nitrogens is 1. The number of carbonyl (C=O) groups excluding carboxylic acids is 2. The number of halogens is 1. The van der Waals surface area contributed by atoms with Gasteiger partial charge in [-0.25, -0.2) is 4.39 Å². The quantitative estimate of drug-likeness (QED) is 0.373. The maximum absolute atomic E-state index is 13.9. The predicted molar refractivity (Wildman–Crippen MR) is 115 cm³/mol. The summed E-state index contributed by atoms with van der Waals surface area (Å²) in [6.45, 7) is 0. The van der Waals surface area contributed by atoms with Crippen LogP contribution in [0, 0.1) is 5.82 Å². The van der Waals surface area contributed by atoms with E-state index >= 15 is 0 Å². The van der Waals surface area contributed by atoms with Gasteiger partial charge in [-0.3, -0.25) is 19.5 Å². The lowest BCUT2D eigenvalue weighted by Gasteiger charge is -2.24. The Morgan fingerprint density at radius 1 is 1.03 bits per heavy atom. The highest BCUT2D eigenvalue weighted by Crippen LogP contribution is 2.43. The van der Waals surface area contributed by atoms with Crippen molar-refractivity contribution in [3.05, 3.63) is 89.5 Å². The van der Waals surface area contributed by atoms with Gasteiger partial charge in [0.05, 0.1) is 31.1 Å². The summed E-state index contributed by atoms with van der Waals surface area (Å²) in [6, 6.07) is 13.9. The fraction of sp³-hybridized carbons (Fsp3) is 0.125. The first-order chi connectivity index (χ1) is 15.5. The van der Waals surface area contributed by atoms with Gasteiger partial charge in [0, 0.05) is 18.0 Å². The molecule has 0 saturated carbocycles. The zero-order valence-electron chi connectivity index (χ0n) is 17.3. The van der Waals surface area contributed by atoms with Crippen molar-refractivity contribution in [1.29, 1.82) is 0 Å². The van der Waals surface area contributed by atoms with Crippen molar-refractivity contribution in [2.24, 2.45) is 0 Å². The van der Waals surface area contributed by atoms with Crippen molar-refractivity contribution in [1.82, 2.24) is 4.98 Å². The molecule has 0 radical (unpaired) electrons. The van der Waals surface area contributed by atoms with E-state index in [0.29, 0.717) is 11.4 Å². The van der Waals surface area contributed by atoms with Crippen LogP contribution in [0.25, 0.3) is 5.76 Å². The molecule has 1 atom stereocenters. The van der Waals surface area contributed by atoms with Gasteiger partial charge in [0.15, 0.2) is 0 Å². The van der Waals surface area contributed by atoms with E-state index in [2.05, 4.69) is 4.98 Å². The summed E-state index contributed by atoms with van der Waals surface area (Å²) in [6.07, 6.45) is 1.51. The normalized spacial score (nSPS) is 17.5. The van der Waals surface area contributed by atoms with Crippen molar-refractivity contribution in [2.45, 2.75) is 6.04 Å². The van der Waals surface area contributed by atoms with Crippen LogP contribution in [0.2, 0.25) is 0 Å². The van der Waals surface area contributed by atoms with E-state index in [1.807, 2.05) is 0 Å². The van der Waals surface area contributed by atoms with Crippen molar-refractivity contribution in [2.75, 3.05) is 19.1 Å². The standard InChI is InChI=1S/C24H19FN2O5/c1-31-16-9-10-17(19(13-16)32-2)22(28)20-21(18-8-3-4-11-26-18)27(24(30)23(20)29)15-7-5-6-14(25)12-15/h3-13,21,28H,1-2H3/b22-20-. The number of ketones is 1. The smallest absolute Gasteiger partial charge is 0.300 e. The van der Waals surface area contributed by atoms with Crippen LogP contribution in [-0.4, -0.2) is 36.0 Å². The first kappa shape index (κ1) is 21.0. The summed E-state index contributed by atoms with van der Waals surface area (Å²) in [5.74, 6) is -2.09. The molecule has 1 aliphatic heterocycles. The number of anilines is 1. The molecule has 7 nitrogen and oxygen atoms in total. The van der Waals surface area contributed by atoms with Crippen molar-refractivity contribution in [3.63, 3.8) is 0 Å². The summed E-state index contributed by atoms with van der Waals surface area (Å²) in [5, 5.41) is 11.2. The number of hydrogen-bond acceptors (Lipinski definition) is 6. The van der Waals surface area contributed by atoms with Crippen LogP contribution in [0.3, 0.4) is 0 Å². The third kappa shape index (κ3) is 3.56. The Kier molecular flexibility index (Phi) is 5.59. The molecule has 0 spiro atoms. The molecular weight excluding hydrogens is 415 g/mol. The number of amides is 1. The topological polar surface area (TPSA) is 89.0 Å². The van der Waals surface area contributed by atoms with Crippen LogP contribution in [0.1, 0.15) is 17.3 Å². The SMILES string of the molecule is COc1ccc(/C(O)=C2/C(=O)C(=O)N(c3cccc(F)c3)C2c2ccccn2)c(OC)c1. The Morgan fingerprint density at radius 3 is 2.50 bits per heavy atom. The van der Waals surface area contributed by atoms with E-state index in [0.717, 1.165) is 11.0 Å². The first-order valence-corrected chi connectivity index (χ1v) is 9.66. The van der Waals surface area contributed by atoms with Crippen LogP contribution < -0.4 is 14.4 Å². The molecule has 3 aromatic rings. The summed E-state index contributed by atoms with van der Waals surface area (Å²) in [5.41, 5.74) is 0.529. The van der Waals surface area contributed by atoms with Gasteiger partial charge in [-0.05, 0) is 42.5 Å². The lowest BCUT2D eigenvalue weighted by Crippen LogP contribution is -2.29. The third-order valence-electron chi connectivity index (χ3n) is 5.16. The number of benzene rings is 2. The molecule has 0 bridgehead atoms. The molecule has 1 N–H and O–H groups in total. The molecule has 162 valence electrons. The Bertz CT molecular complexity index is 1230. The minimum Gasteiger partial charge on any atom is -0.507 e. The summed E-state index contributed by atoms with van der Waals surface area (Å²) in [4.78, 5) is 31.6. The molecule has 2 aromatic carbocycles. The summed E-state index contributed by atoms with van der Waals surface area (Å²) < 4.78 is 24.5. The number of carbonyl (C=O) groups is 2. The van der Waals surface area contributed by atoms with Crippen molar-refractivity contribution < 1.29 is 28.6 Å². The Balaban J connectivity index is 1.96. The third-order valence-corrected chi connectivity index (χ3v) is 5.16. The Morgan fingerprint density at radius 2 is 1.84 bits per heavy atom. The second kappa shape index (κ2) is 8.50. The van der Waals surface area contributed by atoms with Crippen LogP contribution in [0.5, 0.6) is 11.5 Å². The second-order valence-corrected chi connectivity index (χ2v) is 6.97. The maximum Gasteiger partial charge on any atom is 0.300 e. The molecule has 1 fully saturated rings. The lowest BCUT2D eigenvalue weighted by molar-refractivity contribution is -0.132. The monoisotopic (exact) mass is 434 g/mol. The van der Waals surface area contributed by atoms with E-state index in [1.54, 1.807) is 30.3 Å². The highest BCUT2D eigenvalue weighted by molar-refractivity contribution is 6.51. The molecule has 8 heteroatoms. The number of ether oxygens (including phenoxy) is 2. The zero-order valence-corrected chi connectivity index (χ0v) is 17.3. The van der Waals surface area contributed by atoms with E-state index in [1.165, 1.54) is 44.7 Å². The van der Waals surface area contributed by atoms with Gasteiger partial charge >= 0.3 is 0 Å². The molecule has 4 rings (SSSR count). The highest BCUT2D eigenvalue weighted by atomic mass is 19.1. The molecular formula is C24H19FN2O5. The number of aliphatic hydroxyl groups excluding tert-OH is 1. The predicted octanol–water partition coefficient (Wildman–Crippen LogP) is 3.86. The van der Waals surface area contributed by atoms with E-state index < -0.39 is 29.3 Å². The maximum atomic E-state index is 13.9. The minimum absolute atomic E-state index is 0.170. The Hall–Kier alpha value is -4.20. The molecule has 1 aromatic heterocycles. The molecule has 1 unspecified atom stereocenters. The first-order valence-electron chi connectivity index (χ1n) is 9.66. The molecule has 0 aliphatic carbocycles. The van der Waals surface area contributed by atoms with Crippen LogP contribution in [-0.2, 0) is 9.59 Å². The average molecular weight is 434 g/mol. The lowest BCUT2D eigenvalue weighted by atomic mass is 9.97. The summed E-state index contributed by atoms with van der Waals surface area (Å²) >= 11 is 0. The number of Topliss-reactive ketones (excluding diaryl/α,β-unsaturated/α-hetero) is 1. The minimum atomic E-state index is -1.06. The molecule has 32 heavy (non-hydrogen) atoms. The van der Waals surface area contributed by atoms with E-state index in [4.69, 9.17) is 9.47 Å². The fourth-order valence-electron chi connectivity index (χ4n) is 3.68. The Labute approximate surface area is 183 Å². The molecule has 2 heterocycles. The highest BCUT2D eigenvalue weighted by Gasteiger charge is 2.48. The fourth-order valence-corrected chi connectivity index (χ4v) is 3.68. The van der Waals surface area contributed by atoms with Gasteiger partial charge in [0.2, 0.25) is 0 Å². The van der Waals surface area contributed by atoms with Gasteiger partial charge in [0.25, 0.3) is 11.7 Å². The van der Waals surface area contributed by atoms with Gasteiger partial charge in [-0.1, -0.05) is 12.1 Å². The largest absolute Gasteiger partial charge is 0.507 e. The van der Waals surface area contributed by atoms with Gasteiger partial charge in [0.1, 0.15) is 29.1 Å². The van der Waals surface area contributed by atoms with E-state index in [9.17, 15) is 19.1 Å². The van der Waals surface area contributed by atoms with E-state index in [-0.39, 0.29) is 22.6 Å². The zero-order chi connectivity index (χ0) is 22.8. The molecule has 1 saturated heterocycles. The van der Waals surface area contributed by atoms with Crippen molar-refractivity contribution in [3.8, 4) is 11.5 Å². The number of aliphatic hydroxyl groups is 1. The van der Waals surface area contributed by atoms with Gasteiger partial charge in [-0.2, -0.15) is 0 Å². The number of rotatable bonds is 5. The summed E-state index contributed by atoms with van der Waals surface area (Å²) in [7, 11) is 2.90. The number of hydrogen-bond donors (Lipinski definition) is 1. The number of methoxy groups -OCH3 is 2. The van der Waals surface area contributed by atoms with Crippen LogP contribution in [0.4, 0.5) is 10.1 Å². The van der Waals surface area contributed by atoms with Crippen LogP contribution >= 0.6 is 0 Å². The average Bonchev–Trinajstić information content (AvgIpc) is 3.09. The van der Waals surface area contributed by atoms with Crippen molar-refractivity contribution >= 4 is 23.1 Å². The second-order valence-electron chi connectivity index (χ2n) is 6.97. The van der Waals surface area contributed by atoms with Crippen LogP contribution in [0.15, 0.2) is 72.4 Å². The van der Waals surface area contributed by atoms with Gasteiger partial charge in [-0.15, -0.1) is 0 Å². The molecule has 1 aliphatic rings. The molecule has 1 amide bonds.